The monoisotopic (exact) mass is 330 g/mol. The first kappa shape index (κ1) is 14.3. The van der Waals surface area contributed by atoms with Gasteiger partial charge in [0.2, 0.25) is 0 Å². The Balaban J connectivity index is 4.75. The largest absolute Gasteiger partial charge is 0.183 e. The highest BCUT2D eigenvalue weighted by Crippen LogP contribution is 2.52. The lowest BCUT2D eigenvalue weighted by Crippen LogP contribution is -2.46. The zero-order chi connectivity index (χ0) is 10.2. The summed E-state index contributed by atoms with van der Waals surface area (Å²) in [5, 5.41) is 0. The third-order valence-corrected chi connectivity index (χ3v) is 5.65. The number of hydrogen-bond acceptors (Lipinski definition) is 0. The van der Waals surface area contributed by atoms with Crippen LogP contribution in [0.1, 0.15) is 0 Å². The van der Waals surface area contributed by atoms with Gasteiger partial charge in [-0.25, -0.2) is 0 Å². The fourth-order valence-electron chi connectivity index (χ4n) is 0.291. The summed E-state index contributed by atoms with van der Waals surface area (Å²) >= 11 is 44.2. The lowest BCUT2D eigenvalue weighted by atomic mass is 10.3. The SMILES string of the molecule is ClC(Cl)C(Cl)(Cl)C(Cl)(Cl)C(Cl)Cl. The highest BCUT2D eigenvalue weighted by Gasteiger charge is 2.55. The van der Waals surface area contributed by atoms with Crippen LogP contribution in [0.2, 0.25) is 0 Å². The van der Waals surface area contributed by atoms with Gasteiger partial charge in [0.05, 0.1) is 0 Å². The van der Waals surface area contributed by atoms with Crippen molar-refractivity contribution in [1.29, 1.82) is 0 Å². The summed E-state index contributed by atoms with van der Waals surface area (Å²) in [7, 11) is 0. The molecule has 0 saturated heterocycles. The normalized spacial score (nSPS) is 14.5. The number of alkyl halides is 8. The van der Waals surface area contributed by atoms with Crippen molar-refractivity contribution in [2.24, 2.45) is 0 Å². The van der Waals surface area contributed by atoms with Crippen LogP contribution in [0.4, 0.5) is 0 Å². The first-order valence-electron chi connectivity index (χ1n) is 2.46. The number of rotatable bonds is 3. The van der Waals surface area contributed by atoms with Gasteiger partial charge in [-0.1, -0.05) is 46.4 Å². The zero-order valence-electron chi connectivity index (χ0n) is 5.18. The molecule has 0 rings (SSSR count). The van der Waals surface area contributed by atoms with Crippen molar-refractivity contribution >= 4 is 92.8 Å². The molecule has 0 aliphatic heterocycles. The van der Waals surface area contributed by atoms with E-state index < -0.39 is 18.3 Å². The molecular formula is C4H2Cl8. The molecule has 0 radical (unpaired) electrons. The molecule has 0 nitrogen and oxygen atoms in total. The van der Waals surface area contributed by atoms with Crippen molar-refractivity contribution in [2.45, 2.75) is 18.3 Å². The van der Waals surface area contributed by atoms with Crippen molar-refractivity contribution in [3.05, 3.63) is 0 Å². The van der Waals surface area contributed by atoms with Gasteiger partial charge in [0.15, 0.2) is 8.67 Å². The van der Waals surface area contributed by atoms with E-state index in [1.807, 2.05) is 0 Å². The van der Waals surface area contributed by atoms with Gasteiger partial charge in [-0.05, 0) is 0 Å². The summed E-state index contributed by atoms with van der Waals surface area (Å²) in [4.78, 5) is -2.42. The van der Waals surface area contributed by atoms with E-state index in [1.54, 1.807) is 0 Å². The van der Waals surface area contributed by atoms with Crippen molar-refractivity contribution in [3.63, 3.8) is 0 Å². The summed E-state index contributed by atoms with van der Waals surface area (Å²) < 4.78 is -3.68. The van der Waals surface area contributed by atoms with Gasteiger partial charge in [0.25, 0.3) is 0 Å². The molecule has 0 saturated carbocycles. The maximum atomic E-state index is 5.63. The molecule has 0 atom stereocenters. The van der Waals surface area contributed by atoms with Crippen LogP contribution in [-0.2, 0) is 0 Å². The fraction of sp³-hybridized carbons (Fsp3) is 1.00. The fourth-order valence-corrected chi connectivity index (χ4v) is 1.86. The molecule has 0 bridgehead atoms. The lowest BCUT2D eigenvalue weighted by molar-refractivity contribution is 0.724. The Morgan fingerprint density at radius 3 is 0.833 bits per heavy atom. The van der Waals surface area contributed by atoms with E-state index in [-0.39, 0.29) is 0 Å². The molecule has 0 heterocycles. The second-order valence-electron chi connectivity index (χ2n) is 1.85. The third-order valence-electron chi connectivity index (χ3n) is 0.993. The highest BCUT2D eigenvalue weighted by molar-refractivity contribution is 6.71. The predicted molar refractivity (Wildman–Crippen MR) is 59.9 cm³/mol. The van der Waals surface area contributed by atoms with Gasteiger partial charge in [0.1, 0.15) is 9.67 Å². The summed E-state index contributed by atoms with van der Waals surface area (Å²) in [6.45, 7) is 0. The van der Waals surface area contributed by atoms with Crippen molar-refractivity contribution < 1.29 is 0 Å². The molecule has 74 valence electrons. The van der Waals surface area contributed by atoms with Gasteiger partial charge in [-0.2, -0.15) is 0 Å². The van der Waals surface area contributed by atoms with Gasteiger partial charge in [-0.15, -0.1) is 46.4 Å². The second-order valence-corrected chi connectivity index (χ2v) is 6.81. The molecule has 0 spiro atoms. The molecular weight excluding hydrogens is 332 g/mol. The lowest BCUT2D eigenvalue weighted by Gasteiger charge is -2.34. The minimum atomic E-state index is -1.84. The molecule has 0 aromatic heterocycles. The molecule has 0 N–H and O–H groups in total. The smallest absolute Gasteiger partial charge is 0.102 e. The van der Waals surface area contributed by atoms with Crippen LogP contribution in [0.5, 0.6) is 0 Å². The third kappa shape index (κ3) is 2.90. The molecule has 0 aromatic rings. The van der Waals surface area contributed by atoms with Gasteiger partial charge in [0, 0.05) is 0 Å². The summed E-state index contributed by atoms with van der Waals surface area (Å²) in [6, 6.07) is 0. The Bertz CT molecular complexity index is 131. The average molecular weight is 334 g/mol. The number of hydrogen-bond donors (Lipinski definition) is 0. The zero-order valence-corrected chi connectivity index (χ0v) is 11.2. The van der Waals surface area contributed by atoms with Gasteiger partial charge >= 0.3 is 0 Å². The average Bonchev–Trinajstić information content (AvgIpc) is 1.86. The predicted octanol–water partition coefficient (Wildman–Crippen LogP) is 4.94. The van der Waals surface area contributed by atoms with Crippen LogP contribution in [-0.4, -0.2) is 18.3 Å². The van der Waals surface area contributed by atoms with E-state index in [0.717, 1.165) is 0 Å². The molecule has 0 amide bonds. The molecule has 0 unspecified atom stereocenters. The minimum Gasteiger partial charge on any atom is -0.102 e. The van der Waals surface area contributed by atoms with Gasteiger partial charge < -0.3 is 0 Å². The second kappa shape index (κ2) is 4.90. The van der Waals surface area contributed by atoms with Crippen LogP contribution < -0.4 is 0 Å². The topological polar surface area (TPSA) is 0 Å². The quantitative estimate of drug-likeness (QED) is 0.642. The Hall–Kier alpha value is 2.32. The Morgan fingerprint density at radius 1 is 0.583 bits per heavy atom. The van der Waals surface area contributed by atoms with E-state index in [9.17, 15) is 0 Å². The molecule has 0 fully saturated rings. The molecule has 0 aromatic carbocycles. The van der Waals surface area contributed by atoms with E-state index in [2.05, 4.69) is 0 Å². The molecule has 0 aliphatic carbocycles. The standard InChI is InChI=1S/C4H2Cl8/c5-1(6)3(9,10)4(11,12)2(7)8/h1-2H. The highest BCUT2D eigenvalue weighted by atomic mass is 35.6. The maximum absolute atomic E-state index is 5.63. The number of halogens is 8. The Kier molecular flexibility index (Phi) is 5.84. The Morgan fingerprint density at radius 2 is 0.750 bits per heavy atom. The van der Waals surface area contributed by atoms with Crippen LogP contribution in [0.15, 0.2) is 0 Å². The maximum Gasteiger partial charge on any atom is 0.183 e. The first-order valence-corrected chi connectivity index (χ1v) is 5.71. The van der Waals surface area contributed by atoms with E-state index in [0.29, 0.717) is 0 Å². The van der Waals surface area contributed by atoms with Crippen molar-refractivity contribution in [2.75, 3.05) is 0 Å². The van der Waals surface area contributed by atoms with E-state index in [4.69, 9.17) is 92.8 Å². The summed E-state index contributed by atoms with van der Waals surface area (Å²) in [6.07, 6.45) is 0. The van der Waals surface area contributed by atoms with Crippen molar-refractivity contribution in [3.8, 4) is 0 Å². The van der Waals surface area contributed by atoms with E-state index in [1.165, 1.54) is 0 Å². The van der Waals surface area contributed by atoms with Crippen LogP contribution in [0, 0.1) is 0 Å². The molecule has 8 heteroatoms. The van der Waals surface area contributed by atoms with E-state index >= 15 is 0 Å². The van der Waals surface area contributed by atoms with Crippen LogP contribution in [0.25, 0.3) is 0 Å². The first-order chi connectivity index (χ1) is 5.14. The van der Waals surface area contributed by atoms with Crippen molar-refractivity contribution in [1.82, 2.24) is 0 Å². The molecule has 0 aliphatic rings. The molecule has 12 heavy (non-hydrogen) atoms. The Labute approximate surface area is 110 Å². The van der Waals surface area contributed by atoms with Crippen LogP contribution in [0.3, 0.4) is 0 Å². The summed E-state index contributed by atoms with van der Waals surface area (Å²) in [5.41, 5.74) is 0. The summed E-state index contributed by atoms with van der Waals surface area (Å²) in [5.74, 6) is 0. The minimum absolute atomic E-state index is 1.21. The van der Waals surface area contributed by atoms with Gasteiger partial charge in [-0.3, -0.25) is 0 Å². The van der Waals surface area contributed by atoms with Crippen LogP contribution >= 0.6 is 92.8 Å².